The molecule has 0 aliphatic carbocycles. The molecule has 0 saturated carbocycles. The molecule has 0 fully saturated rings. The SMILES string of the molecule is COc1ccc(Cc2ccnc(C(C)(C)C)c2)cc1OC. The van der Waals surface area contributed by atoms with Crippen molar-refractivity contribution >= 4 is 0 Å². The maximum Gasteiger partial charge on any atom is 0.160 e. The van der Waals surface area contributed by atoms with Crippen LogP contribution < -0.4 is 9.47 Å². The molecule has 112 valence electrons. The van der Waals surface area contributed by atoms with Crippen molar-refractivity contribution in [3.63, 3.8) is 0 Å². The molecule has 3 heteroatoms. The fraction of sp³-hybridized carbons (Fsp3) is 0.389. The van der Waals surface area contributed by atoms with Gasteiger partial charge in [0.2, 0.25) is 0 Å². The first-order valence-corrected chi connectivity index (χ1v) is 7.10. The Balaban J connectivity index is 2.26. The minimum absolute atomic E-state index is 0.0631. The number of benzene rings is 1. The lowest BCUT2D eigenvalue weighted by Gasteiger charge is -2.18. The molecular weight excluding hydrogens is 262 g/mol. The fourth-order valence-corrected chi connectivity index (χ4v) is 2.22. The quantitative estimate of drug-likeness (QED) is 0.851. The molecule has 1 aromatic carbocycles. The van der Waals surface area contributed by atoms with Crippen LogP contribution in [0.1, 0.15) is 37.6 Å². The Labute approximate surface area is 126 Å². The molecule has 0 bridgehead atoms. The van der Waals surface area contributed by atoms with E-state index in [-0.39, 0.29) is 5.41 Å². The second-order valence-corrected chi connectivity index (χ2v) is 6.17. The summed E-state index contributed by atoms with van der Waals surface area (Å²) in [5, 5.41) is 0. The lowest BCUT2D eigenvalue weighted by molar-refractivity contribution is 0.354. The number of hydrogen-bond acceptors (Lipinski definition) is 3. The van der Waals surface area contributed by atoms with E-state index < -0.39 is 0 Å². The third-order valence-electron chi connectivity index (χ3n) is 3.45. The van der Waals surface area contributed by atoms with Gasteiger partial charge in [0.15, 0.2) is 11.5 Å². The van der Waals surface area contributed by atoms with Crippen LogP contribution in [0, 0.1) is 0 Å². The van der Waals surface area contributed by atoms with Crippen molar-refractivity contribution in [1.29, 1.82) is 0 Å². The number of ether oxygens (including phenoxy) is 2. The Bertz CT molecular complexity index is 615. The molecule has 0 radical (unpaired) electrons. The monoisotopic (exact) mass is 285 g/mol. The van der Waals surface area contributed by atoms with Crippen molar-refractivity contribution in [1.82, 2.24) is 4.98 Å². The van der Waals surface area contributed by atoms with Gasteiger partial charge in [-0.1, -0.05) is 26.8 Å². The second kappa shape index (κ2) is 6.17. The van der Waals surface area contributed by atoms with Crippen LogP contribution in [0.25, 0.3) is 0 Å². The Kier molecular flexibility index (Phi) is 4.51. The third-order valence-corrected chi connectivity index (χ3v) is 3.45. The number of hydrogen-bond donors (Lipinski definition) is 0. The molecule has 0 saturated heterocycles. The van der Waals surface area contributed by atoms with Gasteiger partial charge in [0, 0.05) is 17.3 Å². The number of pyridine rings is 1. The highest BCUT2D eigenvalue weighted by Gasteiger charge is 2.15. The highest BCUT2D eigenvalue weighted by molar-refractivity contribution is 5.44. The summed E-state index contributed by atoms with van der Waals surface area (Å²) in [7, 11) is 3.31. The molecule has 3 nitrogen and oxygen atoms in total. The topological polar surface area (TPSA) is 31.4 Å². The first kappa shape index (κ1) is 15.4. The number of rotatable bonds is 4. The zero-order valence-corrected chi connectivity index (χ0v) is 13.4. The smallest absolute Gasteiger partial charge is 0.160 e. The molecule has 0 unspecified atom stereocenters. The normalized spacial score (nSPS) is 11.3. The summed E-state index contributed by atoms with van der Waals surface area (Å²) in [6.45, 7) is 6.53. The van der Waals surface area contributed by atoms with E-state index in [1.54, 1.807) is 14.2 Å². The highest BCUT2D eigenvalue weighted by atomic mass is 16.5. The molecule has 0 aliphatic rings. The lowest BCUT2D eigenvalue weighted by Crippen LogP contribution is -2.13. The zero-order valence-electron chi connectivity index (χ0n) is 13.4. The molecule has 0 N–H and O–H groups in total. The van der Waals surface area contributed by atoms with E-state index in [2.05, 4.69) is 44.0 Å². The molecule has 21 heavy (non-hydrogen) atoms. The Morgan fingerprint density at radius 1 is 0.905 bits per heavy atom. The molecule has 0 aliphatic heterocycles. The van der Waals surface area contributed by atoms with Crippen LogP contribution in [0.4, 0.5) is 0 Å². The van der Waals surface area contributed by atoms with Crippen LogP contribution in [0.3, 0.4) is 0 Å². The number of methoxy groups -OCH3 is 2. The summed E-state index contributed by atoms with van der Waals surface area (Å²) in [4.78, 5) is 4.47. The van der Waals surface area contributed by atoms with E-state index >= 15 is 0 Å². The van der Waals surface area contributed by atoms with E-state index in [0.29, 0.717) is 0 Å². The van der Waals surface area contributed by atoms with Gasteiger partial charge >= 0.3 is 0 Å². The van der Waals surface area contributed by atoms with Crippen LogP contribution in [0.15, 0.2) is 36.5 Å². The van der Waals surface area contributed by atoms with Crippen molar-refractivity contribution in [3.05, 3.63) is 53.3 Å². The number of aromatic nitrogens is 1. The van der Waals surface area contributed by atoms with E-state index in [0.717, 1.165) is 23.6 Å². The van der Waals surface area contributed by atoms with Crippen LogP contribution in [0.5, 0.6) is 11.5 Å². The summed E-state index contributed by atoms with van der Waals surface area (Å²) in [6.07, 6.45) is 2.74. The predicted octanol–water partition coefficient (Wildman–Crippen LogP) is 3.99. The van der Waals surface area contributed by atoms with Crippen molar-refractivity contribution in [2.75, 3.05) is 14.2 Å². The summed E-state index contributed by atoms with van der Waals surface area (Å²) in [5.41, 5.74) is 3.62. The van der Waals surface area contributed by atoms with E-state index in [4.69, 9.17) is 9.47 Å². The average Bonchev–Trinajstić information content (AvgIpc) is 2.46. The third kappa shape index (κ3) is 3.75. The highest BCUT2D eigenvalue weighted by Crippen LogP contribution is 2.29. The van der Waals surface area contributed by atoms with Crippen molar-refractivity contribution in [2.45, 2.75) is 32.6 Å². The molecule has 1 aromatic heterocycles. The van der Waals surface area contributed by atoms with Gasteiger partial charge in [0.1, 0.15) is 0 Å². The standard InChI is InChI=1S/C18H23NO2/c1-18(2,3)17-12-14(8-9-19-17)10-13-6-7-15(20-4)16(11-13)21-5/h6-9,11-12H,10H2,1-5H3. The van der Waals surface area contributed by atoms with E-state index in [1.807, 2.05) is 18.3 Å². The van der Waals surface area contributed by atoms with Crippen molar-refractivity contribution in [3.8, 4) is 11.5 Å². The van der Waals surface area contributed by atoms with Crippen LogP contribution >= 0.6 is 0 Å². The van der Waals surface area contributed by atoms with Crippen LogP contribution in [-0.4, -0.2) is 19.2 Å². The predicted molar refractivity (Wildman–Crippen MR) is 85.3 cm³/mol. The van der Waals surface area contributed by atoms with Gasteiger partial charge in [-0.3, -0.25) is 4.98 Å². The Morgan fingerprint density at radius 3 is 2.19 bits per heavy atom. The maximum atomic E-state index is 5.36. The minimum atomic E-state index is 0.0631. The van der Waals surface area contributed by atoms with Gasteiger partial charge in [-0.05, 0) is 41.8 Å². The number of nitrogens with zero attached hydrogens (tertiary/aromatic N) is 1. The summed E-state index contributed by atoms with van der Waals surface area (Å²) in [6, 6.07) is 10.3. The molecule has 0 atom stereocenters. The summed E-state index contributed by atoms with van der Waals surface area (Å²) >= 11 is 0. The van der Waals surface area contributed by atoms with Crippen molar-refractivity contribution in [2.24, 2.45) is 0 Å². The van der Waals surface area contributed by atoms with Gasteiger partial charge < -0.3 is 9.47 Å². The van der Waals surface area contributed by atoms with Crippen molar-refractivity contribution < 1.29 is 9.47 Å². The molecule has 0 spiro atoms. The van der Waals surface area contributed by atoms with Gasteiger partial charge in [-0.25, -0.2) is 0 Å². The van der Waals surface area contributed by atoms with Gasteiger partial charge in [-0.15, -0.1) is 0 Å². The second-order valence-electron chi connectivity index (χ2n) is 6.17. The average molecular weight is 285 g/mol. The van der Waals surface area contributed by atoms with Gasteiger partial charge in [0.05, 0.1) is 14.2 Å². The minimum Gasteiger partial charge on any atom is -0.493 e. The maximum absolute atomic E-state index is 5.36. The lowest BCUT2D eigenvalue weighted by atomic mass is 9.90. The molecule has 2 rings (SSSR count). The Morgan fingerprint density at radius 2 is 1.57 bits per heavy atom. The molecule has 0 amide bonds. The largest absolute Gasteiger partial charge is 0.493 e. The first-order valence-electron chi connectivity index (χ1n) is 7.10. The van der Waals surface area contributed by atoms with Gasteiger partial charge in [-0.2, -0.15) is 0 Å². The van der Waals surface area contributed by atoms with Gasteiger partial charge in [0.25, 0.3) is 0 Å². The Hall–Kier alpha value is -2.03. The van der Waals surface area contributed by atoms with E-state index in [1.165, 1.54) is 11.1 Å². The molecule has 2 aromatic rings. The molecule has 1 heterocycles. The van der Waals surface area contributed by atoms with Crippen LogP contribution in [0.2, 0.25) is 0 Å². The zero-order chi connectivity index (χ0) is 15.5. The molecular formula is C18H23NO2. The van der Waals surface area contributed by atoms with Crippen LogP contribution in [-0.2, 0) is 11.8 Å². The van der Waals surface area contributed by atoms with E-state index in [9.17, 15) is 0 Å². The summed E-state index contributed by atoms with van der Waals surface area (Å²) in [5.74, 6) is 1.52. The first-order chi connectivity index (χ1) is 9.94. The summed E-state index contributed by atoms with van der Waals surface area (Å²) < 4.78 is 10.6. The fourth-order valence-electron chi connectivity index (χ4n) is 2.22.